The van der Waals surface area contributed by atoms with Gasteiger partial charge in [-0.25, -0.2) is 9.48 Å². The van der Waals surface area contributed by atoms with Gasteiger partial charge >= 0.3 is 13.3 Å². The highest BCUT2D eigenvalue weighted by Gasteiger charge is 2.21. The van der Waals surface area contributed by atoms with Gasteiger partial charge in [0.1, 0.15) is 11.8 Å². The molecule has 0 aromatic carbocycles. The van der Waals surface area contributed by atoms with Crippen molar-refractivity contribution in [2.45, 2.75) is 39.5 Å². The minimum absolute atomic E-state index is 0.271. The third-order valence-electron chi connectivity index (χ3n) is 1.93. The van der Waals surface area contributed by atoms with Crippen molar-refractivity contribution in [2.24, 2.45) is 0 Å². The van der Waals surface area contributed by atoms with E-state index in [0.29, 0.717) is 0 Å². The summed E-state index contributed by atoms with van der Waals surface area (Å²) in [5.41, 5.74) is -0.310. The molecule has 0 saturated carbocycles. The number of ether oxygens (including phenoxy) is 1. The predicted molar refractivity (Wildman–Crippen MR) is 63.4 cm³/mol. The molecular formula is C10H17BN2O5. The number of rotatable bonds is 4. The summed E-state index contributed by atoms with van der Waals surface area (Å²) in [6.45, 7) is 6.86. The van der Waals surface area contributed by atoms with E-state index in [1.807, 2.05) is 0 Å². The average molecular weight is 256 g/mol. The minimum atomic E-state index is -1.89. The fourth-order valence-corrected chi connectivity index (χ4v) is 1.22. The lowest BCUT2D eigenvalue weighted by Gasteiger charge is -2.18. The molecule has 0 aliphatic heterocycles. The van der Waals surface area contributed by atoms with Crippen LogP contribution in [-0.4, -0.2) is 38.7 Å². The van der Waals surface area contributed by atoms with Crippen molar-refractivity contribution < 1.29 is 24.2 Å². The van der Waals surface area contributed by atoms with Gasteiger partial charge in [-0.1, -0.05) is 0 Å². The molecule has 0 saturated heterocycles. The maximum absolute atomic E-state index is 11.7. The number of hydrogen-bond acceptors (Lipinski definition) is 6. The molecule has 1 heterocycles. The van der Waals surface area contributed by atoms with Gasteiger partial charge in [-0.2, -0.15) is 5.10 Å². The Balaban J connectivity index is 2.71. The van der Waals surface area contributed by atoms with Gasteiger partial charge < -0.3 is 19.4 Å². The molecule has 0 bridgehead atoms. The topological polar surface area (TPSA) is 93.8 Å². The largest absolute Gasteiger partial charge is 0.635 e. The normalized spacial score (nSPS) is 13.2. The van der Waals surface area contributed by atoms with Crippen molar-refractivity contribution in [3.63, 3.8) is 0 Å². The van der Waals surface area contributed by atoms with Gasteiger partial charge in [-0.3, -0.25) is 0 Å². The Hall–Kier alpha value is -1.38. The highest BCUT2D eigenvalue weighted by Crippen LogP contribution is 2.13. The fraction of sp³-hybridized carbons (Fsp3) is 0.600. The lowest BCUT2D eigenvalue weighted by molar-refractivity contribution is 0.00692. The van der Waals surface area contributed by atoms with Gasteiger partial charge in [-0.05, 0) is 27.7 Å². The number of hydrogen-bond donors (Lipinski definition) is 2. The quantitative estimate of drug-likeness (QED) is 0.596. The van der Waals surface area contributed by atoms with E-state index < -0.39 is 25.1 Å². The third kappa shape index (κ3) is 4.48. The van der Waals surface area contributed by atoms with Crippen molar-refractivity contribution in [1.29, 1.82) is 0 Å². The second-order valence-electron chi connectivity index (χ2n) is 4.77. The lowest BCUT2D eigenvalue weighted by atomic mass is 10.2. The van der Waals surface area contributed by atoms with E-state index in [0.717, 1.165) is 0 Å². The Labute approximate surface area is 105 Å². The van der Waals surface area contributed by atoms with Crippen molar-refractivity contribution in [3.05, 3.63) is 18.0 Å². The average Bonchev–Trinajstić information content (AvgIpc) is 2.61. The maximum atomic E-state index is 11.7. The van der Waals surface area contributed by atoms with Crippen LogP contribution in [0.2, 0.25) is 0 Å². The number of nitrogens with zero attached hydrogens (tertiary/aromatic N) is 2. The first kappa shape index (κ1) is 14.7. The van der Waals surface area contributed by atoms with Crippen LogP contribution in [0.25, 0.3) is 0 Å². The molecule has 2 N–H and O–H groups in total. The van der Waals surface area contributed by atoms with Crippen LogP contribution in [0.15, 0.2) is 12.4 Å². The zero-order valence-corrected chi connectivity index (χ0v) is 10.8. The van der Waals surface area contributed by atoms with Crippen LogP contribution in [-0.2, 0) is 9.39 Å². The van der Waals surface area contributed by atoms with Gasteiger partial charge in [0, 0.05) is 6.20 Å². The number of carbonyl (C=O) groups is 1. The van der Waals surface area contributed by atoms with Crippen molar-refractivity contribution in [3.8, 4) is 0 Å². The van der Waals surface area contributed by atoms with Gasteiger partial charge in [-0.15, -0.1) is 0 Å². The van der Waals surface area contributed by atoms with Crippen LogP contribution in [0.4, 0.5) is 0 Å². The molecule has 0 aliphatic rings. The fourth-order valence-electron chi connectivity index (χ4n) is 1.22. The van der Waals surface area contributed by atoms with Crippen LogP contribution < -0.4 is 0 Å². The van der Waals surface area contributed by atoms with Crippen LogP contribution in [0, 0.1) is 0 Å². The SMILES string of the molecule is C[C@H](OB(O)O)n1cc(C(=O)OC(C)(C)C)cn1. The summed E-state index contributed by atoms with van der Waals surface area (Å²) in [4.78, 5) is 11.7. The number of esters is 1. The summed E-state index contributed by atoms with van der Waals surface area (Å²) >= 11 is 0. The van der Waals surface area contributed by atoms with E-state index in [2.05, 4.69) is 9.75 Å². The molecule has 1 aromatic heterocycles. The number of carbonyl (C=O) groups excluding carboxylic acids is 1. The Morgan fingerprint density at radius 3 is 2.61 bits per heavy atom. The Morgan fingerprint density at radius 1 is 1.50 bits per heavy atom. The van der Waals surface area contributed by atoms with Crippen LogP contribution in [0.3, 0.4) is 0 Å². The highest BCUT2D eigenvalue weighted by atomic mass is 16.6. The third-order valence-corrected chi connectivity index (χ3v) is 1.93. The van der Waals surface area contributed by atoms with Crippen LogP contribution in [0.5, 0.6) is 0 Å². The van der Waals surface area contributed by atoms with E-state index in [-0.39, 0.29) is 5.56 Å². The number of aromatic nitrogens is 2. The molecule has 1 rings (SSSR count). The molecule has 0 radical (unpaired) electrons. The molecule has 8 heteroatoms. The van der Waals surface area contributed by atoms with Crippen molar-refractivity contribution in [2.75, 3.05) is 0 Å². The first-order chi connectivity index (χ1) is 8.19. The minimum Gasteiger partial charge on any atom is -0.456 e. The van der Waals surface area contributed by atoms with E-state index in [1.54, 1.807) is 27.7 Å². The smallest absolute Gasteiger partial charge is 0.456 e. The Kier molecular flexibility index (Phi) is 4.50. The van der Waals surface area contributed by atoms with Crippen LogP contribution in [0.1, 0.15) is 44.3 Å². The van der Waals surface area contributed by atoms with E-state index >= 15 is 0 Å². The van der Waals surface area contributed by atoms with Gasteiger partial charge in [0.15, 0.2) is 0 Å². The maximum Gasteiger partial charge on any atom is 0.635 e. The Morgan fingerprint density at radius 2 is 2.11 bits per heavy atom. The summed E-state index contributed by atoms with van der Waals surface area (Å²) in [5, 5.41) is 21.2. The predicted octanol–water partition coefficient (Wildman–Crippen LogP) is 0.343. The van der Waals surface area contributed by atoms with Gasteiger partial charge in [0.05, 0.1) is 11.8 Å². The first-order valence-electron chi connectivity index (χ1n) is 5.48. The van der Waals surface area contributed by atoms with Crippen molar-refractivity contribution in [1.82, 2.24) is 9.78 Å². The molecule has 100 valence electrons. The van der Waals surface area contributed by atoms with Crippen LogP contribution >= 0.6 is 0 Å². The van der Waals surface area contributed by atoms with Gasteiger partial charge in [0.25, 0.3) is 0 Å². The molecular weight excluding hydrogens is 239 g/mol. The molecule has 0 spiro atoms. The standard InChI is InChI=1S/C10H17BN2O5/c1-7(18-11(15)16)13-6-8(5-12-13)9(14)17-10(2,3)4/h5-7,15-16H,1-4H3/t7-/m0/s1. The molecule has 1 atom stereocenters. The summed E-state index contributed by atoms with van der Waals surface area (Å²) in [6, 6.07) is 0. The van der Waals surface area contributed by atoms with E-state index in [9.17, 15) is 4.79 Å². The van der Waals surface area contributed by atoms with E-state index in [4.69, 9.17) is 14.8 Å². The molecule has 1 aromatic rings. The van der Waals surface area contributed by atoms with E-state index in [1.165, 1.54) is 17.1 Å². The monoisotopic (exact) mass is 256 g/mol. The van der Waals surface area contributed by atoms with Gasteiger partial charge in [0.2, 0.25) is 0 Å². The zero-order chi connectivity index (χ0) is 13.9. The lowest BCUT2D eigenvalue weighted by Crippen LogP contribution is -2.24. The first-order valence-corrected chi connectivity index (χ1v) is 5.48. The molecule has 18 heavy (non-hydrogen) atoms. The summed E-state index contributed by atoms with van der Waals surface area (Å²) in [6.07, 6.45) is 2.04. The molecule has 0 amide bonds. The summed E-state index contributed by atoms with van der Waals surface area (Å²) in [5.74, 6) is -0.495. The highest BCUT2D eigenvalue weighted by molar-refractivity contribution is 6.32. The second-order valence-corrected chi connectivity index (χ2v) is 4.77. The Bertz CT molecular complexity index is 413. The summed E-state index contributed by atoms with van der Waals surface area (Å²) in [7, 11) is -1.89. The molecule has 0 unspecified atom stereocenters. The molecule has 0 fully saturated rings. The second kappa shape index (κ2) is 5.51. The summed E-state index contributed by atoms with van der Waals surface area (Å²) < 4.78 is 11.1. The van der Waals surface area contributed by atoms with Crippen molar-refractivity contribution >= 4 is 13.3 Å². The zero-order valence-electron chi connectivity index (χ0n) is 10.8. The molecule has 0 aliphatic carbocycles. The molecule has 7 nitrogen and oxygen atoms in total.